The predicted octanol–water partition coefficient (Wildman–Crippen LogP) is 6.40. The number of aromatic nitrogens is 3. The summed E-state index contributed by atoms with van der Waals surface area (Å²) in [5.41, 5.74) is 4.53. The number of rotatable bonds is 4. The number of para-hydroxylation sites is 1. The Balaban J connectivity index is 0.00000267. The van der Waals surface area contributed by atoms with E-state index in [1.807, 2.05) is 75.7 Å². The first-order valence-electron chi connectivity index (χ1n) is 11.4. The zero-order valence-corrected chi connectivity index (χ0v) is 22.2. The summed E-state index contributed by atoms with van der Waals surface area (Å²) >= 11 is 0. The second-order valence-corrected chi connectivity index (χ2v) is 8.75. The summed E-state index contributed by atoms with van der Waals surface area (Å²) in [6.45, 7) is 1.99. The minimum Gasteiger partial charge on any atom is -0.506 e. The van der Waals surface area contributed by atoms with Gasteiger partial charge in [0, 0.05) is 75.8 Å². The van der Waals surface area contributed by atoms with Crippen LogP contribution in [0.2, 0.25) is 0 Å². The van der Waals surface area contributed by atoms with Gasteiger partial charge in [0.05, 0.1) is 0 Å². The molecule has 0 aliphatic rings. The maximum Gasteiger partial charge on any atom is 0.217 e. The van der Waals surface area contributed by atoms with E-state index in [0.717, 1.165) is 44.3 Å². The van der Waals surface area contributed by atoms with Gasteiger partial charge in [-0.05, 0) is 42.1 Å². The molecule has 6 nitrogen and oxygen atoms in total. The molecule has 3 aromatic carbocycles. The molecule has 7 heteroatoms. The second-order valence-electron chi connectivity index (χ2n) is 8.75. The van der Waals surface area contributed by atoms with Gasteiger partial charge >= 0.3 is 0 Å². The van der Waals surface area contributed by atoms with Crippen molar-refractivity contribution in [2.75, 3.05) is 19.0 Å². The van der Waals surface area contributed by atoms with Crippen LogP contribution in [0.5, 0.6) is 17.4 Å². The largest absolute Gasteiger partial charge is 0.506 e. The molecule has 0 saturated carbocycles. The van der Waals surface area contributed by atoms with E-state index in [2.05, 4.69) is 43.7 Å². The van der Waals surface area contributed by atoms with Crippen LogP contribution < -0.4 is 9.64 Å². The molecule has 0 aliphatic carbocycles. The molecule has 3 heterocycles. The van der Waals surface area contributed by atoms with Crippen molar-refractivity contribution in [2.24, 2.45) is 0 Å². The van der Waals surface area contributed by atoms with E-state index >= 15 is 0 Å². The number of benzene rings is 3. The zero-order valence-electron chi connectivity index (χ0n) is 20.0. The third-order valence-electron chi connectivity index (χ3n) is 6.27. The fourth-order valence-electron chi connectivity index (χ4n) is 4.48. The van der Waals surface area contributed by atoms with E-state index in [1.54, 1.807) is 6.07 Å². The summed E-state index contributed by atoms with van der Waals surface area (Å²) in [4.78, 5) is 11.3. The van der Waals surface area contributed by atoms with Crippen LogP contribution in [0.4, 0.5) is 5.69 Å². The molecule has 0 aliphatic heterocycles. The van der Waals surface area contributed by atoms with Crippen LogP contribution in [0.25, 0.3) is 38.5 Å². The van der Waals surface area contributed by atoms with Gasteiger partial charge in [-0.1, -0.05) is 29.8 Å². The number of hydrogen-bond donors (Lipinski definition) is 1. The van der Waals surface area contributed by atoms with Gasteiger partial charge in [-0.25, -0.2) is 9.97 Å². The molecular formula is C29H23N4O2Pt-. The second kappa shape index (κ2) is 9.29. The number of ether oxygens (including phenoxy) is 1. The van der Waals surface area contributed by atoms with E-state index in [1.165, 1.54) is 0 Å². The molecule has 0 saturated heterocycles. The average molecular weight is 655 g/mol. The first kappa shape index (κ1) is 23.8. The first-order chi connectivity index (χ1) is 17.0. The Labute approximate surface area is 223 Å². The molecular weight excluding hydrogens is 631 g/mol. The molecule has 0 fully saturated rings. The Bertz CT molecular complexity index is 1740. The van der Waals surface area contributed by atoms with Gasteiger partial charge < -0.3 is 19.3 Å². The van der Waals surface area contributed by atoms with Gasteiger partial charge in [-0.3, -0.25) is 0 Å². The molecule has 0 spiro atoms. The van der Waals surface area contributed by atoms with Gasteiger partial charge in [0.15, 0.2) is 0 Å². The number of phenolic OH excluding ortho intramolecular Hbond substituents is 1. The van der Waals surface area contributed by atoms with Gasteiger partial charge in [-0.2, -0.15) is 6.07 Å². The minimum atomic E-state index is 0. The molecule has 0 bridgehead atoms. The molecule has 0 atom stereocenters. The molecule has 182 valence electrons. The number of nitrogens with zero attached hydrogens (tertiary/aromatic N) is 4. The van der Waals surface area contributed by atoms with Gasteiger partial charge in [0.25, 0.3) is 0 Å². The van der Waals surface area contributed by atoms with Crippen LogP contribution in [0, 0.1) is 13.0 Å². The van der Waals surface area contributed by atoms with E-state index in [9.17, 15) is 5.11 Å². The van der Waals surface area contributed by atoms with Crippen molar-refractivity contribution < 1.29 is 30.9 Å². The van der Waals surface area contributed by atoms with E-state index in [0.29, 0.717) is 17.1 Å². The van der Waals surface area contributed by atoms with Crippen LogP contribution in [-0.2, 0) is 21.1 Å². The van der Waals surface area contributed by atoms with E-state index < -0.39 is 0 Å². The smallest absolute Gasteiger partial charge is 0.217 e. The van der Waals surface area contributed by atoms with Crippen molar-refractivity contribution >= 4 is 38.4 Å². The van der Waals surface area contributed by atoms with E-state index in [4.69, 9.17) is 4.74 Å². The Morgan fingerprint density at radius 3 is 2.56 bits per heavy atom. The van der Waals surface area contributed by atoms with Crippen LogP contribution >= 0.6 is 0 Å². The van der Waals surface area contributed by atoms with Crippen LogP contribution in [0.3, 0.4) is 0 Å². The van der Waals surface area contributed by atoms with E-state index in [-0.39, 0.29) is 26.8 Å². The molecule has 0 radical (unpaired) electrons. The van der Waals surface area contributed by atoms with Gasteiger partial charge in [-0.15, -0.1) is 17.5 Å². The van der Waals surface area contributed by atoms with Crippen molar-refractivity contribution in [1.82, 2.24) is 14.5 Å². The maximum absolute atomic E-state index is 10.3. The number of aryl methyl sites for hydroxylation is 1. The van der Waals surface area contributed by atoms with Crippen LogP contribution in [0.1, 0.15) is 5.56 Å². The molecule has 0 unspecified atom stereocenters. The molecule has 6 aromatic rings. The number of pyridine rings is 2. The van der Waals surface area contributed by atoms with Crippen molar-refractivity contribution in [1.29, 1.82) is 0 Å². The average Bonchev–Trinajstić information content (AvgIpc) is 3.20. The third-order valence-corrected chi connectivity index (χ3v) is 6.27. The van der Waals surface area contributed by atoms with Crippen molar-refractivity contribution in [3.8, 4) is 23.2 Å². The number of hydrogen-bond acceptors (Lipinski definition) is 5. The fourth-order valence-corrected chi connectivity index (χ4v) is 4.48. The van der Waals surface area contributed by atoms with Crippen LogP contribution in [-0.4, -0.2) is 33.7 Å². The van der Waals surface area contributed by atoms with Gasteiger partial charge in [0.1, 0.15) is 17.1 Å². The predicted molar refractivity (Wildman–Crippen MR) is 140 cm³/mol. The Morgan fingerprint density at radius 2 is 1.72 bits per heavy atom. The monoisotopic (exact) mass is 654 g/mol. The molecule has 0 amide bonds. The van der Waals surface area contributed by atoms with Crippen molar-refractivity contribution in [3.05, 3.63) is 90.6 Å². The van der Waals surface area contributed by atoms with Crippen LogP contribution in [0.15, 0.2) is 79.0 Å². The maximum atomic E-state index is 10.3. The number of anilines is 1. The Kier molecular flexibility index (Phi) is 6.15. The summed E-state index contributed by atoms with van der Waals surface area (Å²) < 4.78 is 8.22. The fraction of sp³-hybridized carbons (Fsp3) is 0.103. The molecule has 1 N–H and O–H groups in total. The minimum absolute atomic E-state index is 0. The number of phenols is 1. The Hall–Kier alpha value is -3.89. The zero-order chi connectivity index (χ0) is 24.1. The summed E-state index contributed by atoms with van der Waals surface area (Å²) in [6, 6.07) is 26.9. The SMILES string of the molecule is Cc1ccc(O)c2nc(Oc3[c-]c4c(cc3)c3ccccc3n4-c3cc(N(C)C)ccn3)ccc12.[Pt]. The quantitative estimate of drug-likeness (QED) is 0.223. The summed E-state index contributed by atoms with van der Waals surface area (Å²) in [5.74, 6) is 1.86. The summed E-state index contributed by atoms with van der Waals surface area (Å²) in [7, 11) is 4.03. The molecule has 36 heavy (non-hydrogen) atoms. The number of fused-ring (bicyclic) bond motifs is 4. The standard InChI is InChI=1S/C29H23N4O2.Pt/c1-18-8-12-26(34)29-21(18)11-13-28(31-29)35-20-9-10-23-22-6-4-5-7-24(22)33(25(23)17-20)27-16-19(32(2)3)14-15-30-27;/h4-16,34H,1-3H3;/q-1;. The normalized spacial score (nSPS) is 11.1. The van der Waals surface area contributed by atoms with Crippen molar-refractivity contribution in [3.63, 3.8) is 0 Å². The number of aromatic hydroxyl groups is 1. The molecule has 6 rings (SSSR count). The molecule has 3 aromatic heterocycles. The topological polar surface area (TPSA) is 63.4 Å². The van der Waals surface area contributed by atoms with Gasteiger partial charge in [0.2, 0.25) is 5.88 Å². The summed E-state index contributed by atoms with van der Waals surface area (Å²) in [6.07, 6.45) is 1.82. The Morgan fingerprint density at radius 1 is 0.917 bits per heavy atom. The summed E-state index contributed by atoms with van der Waals surface area (Å²) in [5, 5.41) is 13.4. The first-order valence-corrected chi connectivity index (χ1v) is 11.4. The third kappa shape index (κ3) is 3.98. The van der Waals surface area contributed by atoms with Crippen molar-refractivity contribution in [2.45, 2.75) is 6.92 Å².